The molecule has 0 saturated carbocycles. The van der Waals surface area contributed by atoms with Crippen LogP contribution in [0.25, 0.3) is 4.98 Å². The van der Waals surface area contributed by atoms with E-state index in [-0.39, 0.29) is 0 Å². The van der Waals surface area contributed by atoms with Crippen LogP contribution in [0, 0.1) is 5.39 Å². The fourth-order valence-electron chi connectivity index (χ4n) is 0.510. The van der Waals surface area contributed by atoms with E-state index in [1.807, 2.05) is 12.2 Å². The summed E-state index contributed by atoms with van der Waals surface area (Å²) >= 11 is 0. The van der Waals surface area contributed by atoms with Crippen molar-refractivity contribution in [1.29, 1.82) is 5.39 Å². The lowest BCUT2D eigenvalue weighted by atomic mass is 10.4. The molecule has 0 heterocycles. The average molecular weight is 93.1 g/mol. The maximum Gasteiger partial charge on any atom is 0.365 e. The van der Waals surface area contributed by atoms with Crippen LogP contribution in [0.1, 0.15) is 6.42 Å². The molecule has 34 valence electrons. The van der Waals surface area contributed by atoms with Crippen molar-refractivity contribution in [2.24, 2.45) is 0 Å². The topological polar surface area (TPSA) is 28.1 Å². The van der Waals surface area contributed by atoms with Crippen LogP contribution >= 0.6 is 0 Å². The van der Waals surface area contributed by atoms with Crippen molar-refractivity contribution in [2.45, 2.75) is 6.42 Å². The molecule has 0 bridgehead atoms. The van der Waals surface area contributed by atoms with Crippen molar-refractivity contribution in [3.8, 4) is 0 Å². The summed E-state index contributed by atoms with van der Waals surface area (Å²) in [6.45, 7) is 0. The van der Waals surface area contributed by atoms with Crippen LogP contribution in [0.3, 0.4) is 0 Å². The lowest BCUT2D eigenvalue weighted by molar-refractivity contribution is 1.27. The van der Waals surface area contributed by atoms with Gasteiger partial charge in [-0.2, -0.15) is 0 Å². The minimum absolute atomic E-state index is 0.736. The molecule has 0 N–H and O–H groups in total. The van der Waals surface area contributed by atoms with Crippen molar-refractivity contribution >= 4 is 0 Å². The molecular formula is C5H5N2+. The third-order valence-corrected chi connectivity index (χ3v) is 0.880. The molecule has 0 aromatic carbocycles. The van der Waals surface area contributed by atoms with E-state index in [0.29, 0.717) is 0 Å². The van der Waals surface area contributed by atoms with Crippen LogP contribution in [-0.4, -0.2) is 0 Å². The van der Waals surface area contributed by atoms with Crippen molar-refractivity contribution in [2.75, 3.05) is 0 Å². The zero-order valence-electron chi connectivity index (χ0n) is 3.83. The summed E-state index contributed by atoms with van der Waals surface area (Å²) in [5, 5.41) is 8.08. The van der Waals surface area contributed by atoms with E-state index >= 15 is 0 Å². The highest BCUT2D eigenvalue weighted by Gasteiger charge is 2.08. The fraction of sp³-hybridized carbons (Fsp3) is 0.200. The SMILES string of the molecule is N#[N+]C1=CC=CC1. The number of nitrogens with zero attached hydrogens (tertiary/aromatic N) is 2. The van der Waals surface area contributed by atoms with Gasteiger partial charge in [0.15, 0.2) is 4.98 Å². The molecule has 1 aliphatic carbocycles. The molecular weight excluding hydrogens is 88.1 g/mol. The summed E-state index contributed by atoms with van der Waals surface area (Å²) < 4.78 is 0. The lowest BCUT2D eigenvalue weighted by Crippen LogP contribution is -1.59. The summed E-state index contributed by atoms with van der Waals surface area (Å²) in [5.41, 5.74) is 0.736. The molecule has 0 spiro atoms. The van der Waals surface area contributed by atoms with Gasteiger partial charge >= 0.3 is 5.70 Å². The average Bonchev–Trinajstić information content (AvgIpc) is 2.14. The highest BCUT2D eigenvalue weighted by molar-refractivity contribution is 5.26. The largest absolute Gasteiger partial charge is 0.365 e. The Labute approximate surface area is 41.8 Å². The van der Waals surface area contributed by atoms with Gasteiger partial charge in [-0.05, 0) is 0 Å². The van der Waals surface area contributed by atoms with Gasteiger partial charge in [0.25, 0.3) is 0 Å². The molecule has 0 aromatic heterocycles. The second-order valence-electron chi connectivity index (χ2n) is 1.39. The molecule has 0 radical (unpaired) electrons. The third kappa shape index (κ3) is 0.660. The van der Waals surface area contributed by atoms with E-state index < -0.39 is 0 Å². The predicted octanol–water partition coefficient (Wildman–Crippen LogP) is 1.68. The van der Waals surface area contributed by atoms with E-state index in [2.05, 4.69) is 4.98 Å². The van der Waals surface area contributed by atoms with Gasteiger partial charge in [0, 0.05) is 6.08 Å². The highest BCUT2D eigenvalue weighted by atomic mass is 14.9. The first-order valence-corrected chi connectivity index (χ1v) is 2.14. The Morgan fingerprint density at radius 2 is 2.57 bits per heavy atom. The molecule has 2 nitrogen and oxygen atoms in total. The van der Waals surface area contributed by atoms with Crippen LogP contribution in [0.15, 0.2) is 23.9 Å². The Morgan fingerprint density at radius 1 is 1.71 bits per heavy atom. The van der Waals surface area contributed by atoms with E-state index in [9.17, 15) is 0 Å². The fourth-order valence-corrected chi connectivity index (χ4v) is 0.510. The van der Waals surface area contributed by atoms with Gasteiger partial charge in [-0.1, -0.05) is 12.2 Å². The first-order valence-electron chi connectivity index (χ1n) is 2.14. The van der Waals surface area contributed by atoms with Gasteiger partial charge in [0.1, 0.15) is 0 Å². The van der Waals surface area contributed by atoms with Crippen LogP contribution in [0.4, 0.5) is 0 Å². The summed E-state index contributed by atoms with van der Waals surface area (Å²) in [5.74, 6) is 0. The standard InChI is InChI=1S/C5H5N2/c6-7-5-3-1-2-4-5/h1-3H,4H2/q+1. The summed E-state index contributed by atoms with van der Waals surface area (Å²) in [6, 6.07) is 0. The van der Waals surface area contributed by atoms with Crippen molar-refractivity contribution in [1.82, 2.24) is 0 Å². The van der Waals surface area contributed by atoms with Gasteiger partial charge in [0.2, 0.25) is 5.39 Å². The van der Waals surface area contributed by atoms with Gasteiger partial charge in [-0.3, -0.25) is 0 Å². The van der Waals surface area contributed by atoms with Crippen LogP contribution < -0.4 is 0 Å². The van der Waals surface area contributed by atoms with E-state index in [0.717, 1.165) is 12.1 Å². The normalized spacial score (nSPS) is 16.1. The van der Waals surface area contributed by atoms with Crippen LogP contribution in [0.2, 0.25) is 0 Å². The Kier molecular flexibility index (Phi) is 0.910. The minimum Gasteiger partial charge on any atom is -0.0724 e. The van der Waals surface area contributed by atoms with Crippen LogP contribution in [-0.2, 0) is 0 Å². The number of hydrogen-bond acceptors (Lipinski definition) is 1. The van der Waals surface area contributed by atoms with Crippen molar-refractivity contribution in [3.63, 3.8) is 0 Å². The number of diazo groups is 1. The zero-order valence-corrected chi connectivity index (χ0v) is 3.83. The van der Waals surface area contributed by atoms with Gasteiger partial charge in [-0.15, -0.1) is 0 Å². The lowest BCUT2D eigenvalue weighted by Gasteiger charge is -1.59. The van der Waals surface area contributed by atoms with Gasteiger partial charge < -0.3 is 0 Å². The first kappa shape index (κ1) is 4.07. The monoisotopic (exact) mass is 93.0 g/mol. The van der Waals surface area contributed by atoms with Crippen molar-refractivity contribution < 1.29 is 0 Å². The third-order valence-electron chi connectivity index (χ3n) is 0.880. The minimum atomic E-state index is 0.736. The second kappa shape index (κ2) is 1.57. The quantitative estimate of drug-likeness (QED) is 0.419. The Hall–Kier alpha value is -1.10. The smallest absolute Gasteiger partial charge is 0.0724 e. The molecule has 1 rings (SSSR count). The molecule has 0 fully saturated rings. The molecule has 0 unspecified atom stereocenters. The number of allylic oxidation sites excluding steroid dienone is 3. The second-order valence-corrected chi connectivity index (χ2v) is 1.39. The molecule has 0 amide bonds. The molecule has 1 aliphatic rings. The Bertz CT molecular complexity index is 159. The number of rotatable bonds is 0. The molecule has 0 aliphatic heterocycles. The molecule has 7 heavy (non-hydrogen) atoms. The molecule has 2 heteroatoms. The maximum absolute atomic E-state index is 8.08. The summed E-state index contributed by atoms with van der Waals surface area (Å²) in [4.78, 5) is 2.99. The summed E-state index contributed by atoms with van der Waals surface area (Å²) in [6.07, 6.45) is 6.36. The van der Waals surface area contributed by atoms with E-state index in [4.69, 9.17) is 5.39 Å². The van der Waals surface area contributed by atoms with Crippen LogP contribution in [0.5, 0.6) is 0 Å². The predicted molar refractivity (Wildman–Crippen MR) is 26.9 cm³/mol. The van der Waals surface area contributed by atoms with Crippen molar-refractivity contribution in [3.05, 3.63) is 28.9 Å². The highest BCUT2D eigenvalue weighted by Crippen LogP contribution is 2.09. The molecule has 0 atom stereocenters. The maximum atomic E-state index is 8.08. The molecule has 0 aromatic rings. The van der Waals surface area contributed by atoms with E-state index in [1.54, 1.807) is 6.08 Å². The number of hydrogen-bond donors (Lipinski definition) is 0. The van der Waals surface area contributed by atoms with Gasteiger partial charge in [0.05, 0.1) is 6.42 Å². The Balaban J connectivity index is 2.67. The van der Waals surface area contributed by atoms with E-state index in [1.165, 1.54) is 0 Å². The first-order chi connectivity index (χ1) is 3.43. The molecule has 0 saturated heterocycles. The Morgan fingerprint density at radius 3 is 2.86 bits per heavy atom. The van der Waals surface area contributed by atoms with Gasteiger partial charge in [-0.25, -0.2) is 0 Å². The zero-order chi connectivity index (χ0) is 5.11. The summed E-state index contributed by atoms with van der Waals surface area (Å²) in [7, 11) is 0.